The summed E-state index contributed by atoms with van der Waals surface area (Å²) < 4.78 is 29.6. The number of hydroxylamine groups is 1. The van der Waals surface area contributed by atoms with Crippen LogP contribution in [0.15, 0.2) is 95.9 Å². The van der Waals surface area contributed by atoms with Crippen LogP contribution in [0.25, 0.3) is 6.08 Å². The molecule has 3 aromatic rings. The fraction of sp³-hybridized carbons (Fsp3) is 0.343. The summed E-state index contributed by atoms with van der Waals surface area (Å²) in [5, 5.41) is 10.6. The molecule has 0 aliphatic rings. The van der Waals surface area contributed by atoms with Crippen LogP contribution in [-0.4, -0.2) is 53.5 Å². The second-order valence-electron chi connectivity index (χ2n) is 11.6. The molecule has 0 saturated carbocycles. The van der Waals surface area contributed by atoms with Gasteiger partial charge in [-0.05, 0) is 62.3 Å². The van der Waals surface area contributed by atoms with Crippen LogP contribution in [0.1, 0.15) is 50.3 Å². The third kappa shape index (κ3) is 13.9. The predicted octanol–water partition coefficient (Wildman–Crippen LogP) is 4.57. The van der Waals surface area contributed by atoms with Crippen molar-refractivity contribution in [2.24, 2.45) is 23.5 Å². The summed E-state index contributed by atoms with van der Waals surface area (Å²) in [5.41, 5.74) is 13.2. The van der Waals surface area contributed by atoms with Crippen LogP contribution in [0.3, 0.4) is 0 Å². The first-order valence-electron chi connectivity index (χ1n) is 15.3. The third-order valence-corrected chi connectivity index (χ3v) is 8.05. The second kappa shape index (κ2) is 19.3. The molecule has 6 N–H and O–H groups in total. The highest BCUT2D eigenvalue weighted by atomic mass is 32.2. The Morgan fingerprint density at radius 2 is 1.45 bits per heavy atom. The lowest BCUT2D eigenvalue weighted by Crippen LogP contribution is -2.55. The van der Waals surface area contributed by atoms with Gasteiger partial charge < -0.3 is 5.73 Å². The minimum Gasteiger partial charge on any atom is -0.320 e. The largest absolute Gasteiger partial charge is 0.320 e. The van der Waals surface area contributed by atoms with E-state index in [-0.39, 0.29) is 23.8 Å². The molecule has 0 aliphatic heterocycles. The minimum absolute atomic E-state index is 0.0666. The normalized spacial score (nSPS) is 13.2. The zero-order valence-corrected chi connectivity index (χ0v) is 28.1. The lowest BCUT2D eigenvalue weighted by atomic mass is 9.82. The number of nitrogens with two attached hydrogens (primary N) is 1. The molecule has 0 radical (unpaired) electrons. The Balaban J connectivity index is 0.000000587. The molecule has 0 fully saturated rings. The molecule has 3 atom stereocenters. The van der Waals surface area contributed by atoms with E-state index in [9.17, 15) is 28.0 Å². The van der Waals surface area contributed by atoms with E-state index in [0.717, 1.165) is 16.7 Å². The Morgan fingerprint density at radius 3 is 1.96 bits per heavy atom. The van der Waals surface area contributed by atoms with Crippen molar-refractivity contribution in [2.45, 2.75) is 57.9 Å². The number of carbonyl (C=O) groups excluding carboxylic acids is 3. The van der Waals surface area contributed by atoms with Crippen molar-refractivity contribution in [1.82, 2.24) is 15.9 Å². The molecule has 0 unspecified atom stereocenters. The number of rotatable bonds is 13. The summed E-state index contributed by atoms with van der Waals surface area (Å²) in [6.07, 6.45) is 4.83. The van der Waals surface area contributed by atoms with Crippen LogP contribution in [0.5, 0.6) is 0 Å². The SMILES string of the molecule is CC(C)C[C@@H](C(=O)NN(CCc1ccccc1)C(=O)[C@@H](C)N)[C@H](C/C=C/c1ccccc1)C(=O)NO.Cc1ccc(S(=O)(=O)O)cc1. The zero-order chi connectivity index (χ0) is 35.0. The van der Waals surface area contributed by atoms with Crippen molar-refractivity contribution in [1.29, 1.82) is 0 Å². The smallest absolute Gasteiger partial charge is 0.294 e. The summed E-state index contributed by atoms with van der Waals surface area (Å²) in [6.45, 7) is 7.54. The van der Waals surface area contributed by atoms with Gasteiger partial charge in [-0.15, -0.1) is 0 Å². The van der Waals surface area contributed by atoms with Crippen molar-refractivity contribution >= 4 is 33.9 Å². The second-order valence-corrected chi connectivity index (χ2v) is 13.1. The Hall–Kier alpha value is -4.36. The molecular formula is C35H46N4O7S. The number of nitrogens with zero attached hydrogens (tertiary/aromatic N) is 1. The van der Waals surface area contributed by atoms with Gasteiger partial charge in [-0.1, -0.05) is 104 Å². The first kappa shape index (κ1) is 38.8. The van der Waals surface area contributed by atoms with Crippen molar-refractivity contribution in [3.63, 3.8) is 0 Å². The molecular weight excluding hydrogens is 620 g/mol. The number of hydrogen-bond donors (Lipinski definition) is 5. The van der Waals surface area contributed by atoms with Crippen molar-refractivity contribution in [2.75, 3.05) is 6.54 Å². The predicted molar refractivity (Wildman–Crippen MR) is 181 cm³/mol. The maximum Gasteiger partial charge on any atom is 0.294 e. The summed E-state index contributed by atoms with van der Waals surface area (Å²) >= 11 is 0. The first-order valence-corrected chi connectivity index (χ1v) is 16.8. The van der Waals surface area contributed by atoms with E-state index in [1.54, 1.807) is 24.5 Å². The van der Waals surface area contributed by atoms with E-state index in [2.05, 4.69) is 5.43 Å². The average Bonchev–Trinajstić information content (AvgIpc) is 3.04. The fourth-order valence-corrected chi connectivity index (χ4v) is 5.17. The molecule has 0 heterocycles. The Bertz CT molecular complexity index is 1550. The molecule has 3 amide bonds. The summed E-state index contributed by atoms with van der Waals surface area (Å²) in [5.74, 6) is -3.06. The molecule has 11 nitrogen and oxygen atoms in total. The van der Waals surface area contributed by atoms with Gasteiger partial charge >= 0.3 is 0 Å². The monoisotopic (exact) mass is 666 g/mol. The standard InChI is InChI=1S/C28H38N4O4.C7H8O3S/c1-20(2)19-25(24(27(34)31-36)16-10-15-22-11-6-4-7-12-22)26(33)30-32(28(35)21(3)29)18-17-23-13-8-5-9-14-23;1-6-2-4-7(5-3-6)11(8,9)10/h4-15,20-21,24-25,36H,16-19,29H2,1-3H3,(H,30,33)(H,31,34);2-5H,1H3,(H,8,9,10)/b15-10+;/t21-,24+,25-;/m1./s1. The molecule has 3 rings (SSSR count). The highest BCUT2D eigenvalue weighted by Gasteiger charge is 2.35. The van der Waals surface area contributed by atoms with Crippen LogP contribution in [0.4, 0.5) is 0 Å². The van der Waals surface area contributed by atoms with E-state index in [1.807, 2.05) is 93.6 Å². The summed E-state index contributed by atoms with van der Waals surface area (Å²) in [6, 6.07) is 24.4. The number of aryl methyl sites for hydroxylation is 1. The van der Waals surface area contributed by atoms with Crippen LogP contribution in [0, 0.1) is 24.7 Å². The minimum atomic E-state index is -4.02. The molecule has 0 aromatic heterocycles. The van der Waals surface area contributed by atoms with Gasteiger partial charge in [-0.25, -0.2) is 5.48 Å². The lowest BCUT2D eigenvalue weighted by molar-refractivity contribution is -0.147. The van der Waals surface area contributed by atoms with E-state index in [4.69, 9.17) is 10.3 Å². The molecule has 0 saturated heterocycles. The van der Waals surface area contributed by atoms with Crippen LogP contribution in [0.2, 0.25) is 0 Å². The molecule has 0 aliphatic carbocycles. The maximum absolute atomic E-state index is 13.5. The quantitative estimate of drug-likeness (QED) is 0.100. The Labute approximate surface area is 277 Å². The molecule has 0 bridgehead atoms. The molecule has 12 heteroatoms. The number of hydrazine groups is 1. The van der Waals surface area contributed by atoms with Gasteiger partial charge in [0.2, 0.25) is 11.8 Å². The van der Waals surface area contributed by atoms with Crippen molar-refractivity contribution in [3.05, 3.63) is 108 Å². The summed E-state index contributed by atoms with van der Waals surface area (Å²) in [4.78, 5) is 38.9. The Morgan fingerprint density at radius 1 is 0.872 bits per heavy atom. The van der Waals surface area contributed by atoms with Crippen LogP contribution in [-0.2, 0) is 30.9 Å². The number of hydrogen-bond acceptors (Lipinski definition) is 7. The average molecular weight is 667 g/mol. The van der Waals surface area contributed by atoms with Crippen molar-refractivity contribution in [3.8, 4) is 0 Å². The van der Waals surface area contributed by atoms with Crippen molar-refractivity contribution < 1.29 is 32.6 Å². The highest BCUT2D eigenvalue weighted by molar-refractivity contribution is 7.85. The highest BCUT2D eigenvalue weighted by Crippen LogP contribution is 2.26. The van der Waals surface area contributed by atoms with Gasteiger partial charge in [0.15, 0.2) is 0 Å². The lowest BCUT2D eigenvalue weighted by Gasteiger charge is -2.30. The first-order chi connectivity index (χ1) is 22.2. The Kier molecular flexibility index (Phi) is 16.0. The molecule has 47 heavy (non-hydrogen) atoms. The van der Waals surface area contributed by atoms with Gasteiger partial charge in [-0.3, -0.25) is 34.6 Å². The van der Waals surface area contributed by atoms with E-state index in [0.29, 0.717) is 12.8 Å². The molecule has 0 spiro atoms. The molecule has 3 aromatic carbocycles. The maximum atomic E-state index is 13.5. The fourth-order valence-electron chi connectivity index (χ4n) is 4.69. The number of allylic oxidation sites excluding steroid dienone is 1. The van der Waals surface area contributed by atoms with E-state index < -0.39 is 45.7 Å². The van der Waals surface area contributed by atoms with E-state index >= 15 is 0 Å². The topological polar surface area (TPSA) is 179 Å². The molecule has 254 valence electrons. The van der Waals surface area contributed by atoms with Gasteiger partial charge in [0.25, 0.3) is 16.0 Å². The number of amides is 3. The number of carbonyl (C=O) groups is 3. The zero-order valence-electron chi connectivity index (χ0n) is 27.2. The number of nitrogens with one attached hydrogen (secondary N) is 2. The summed E-state index contributed by atoms with van der Waals surface area (Å²) in [7, 11) is -4.02. The van der Waals surface area contributed by atoms with Gasteiger partial charge in [-0.2, -0.15) is 8.42 Å². The van der Waals surface area contributed by atoms with Gasteiger partial charge in [0.05, 0.1) is 22.8 Å². The van der Waals surface area contributed by atoms with Gasteiger partial charge in [0.1, 0.15) is 0 Å². The van der Waals surface area contributed by atoms with Crippen LogP contribution < -0.4 is 16.6 Å². The van der Waals surface area contributed by atoms with Crippen LogP contribution >= 0.6 is 0 Å². The number of benzene rings is 3. The van der Waals surface area contributed by atoms with Gasteiger partial charge in [0, 0.05) is 6.54 Å². The van der Waals surface area contributed by atoms with E-state index in [1.165, 1.54) is 17.1 Å². The third-order valence-electron chi connectivity index (χ3n) is 7.18.